The monoisotopic (exact) mass is 214 g/mol. The number of nitrogens with one attached hydrogen (secondary N) is 1. The summed E-state index contributed by atoms with van der Waals surface area (Å²) >= 11 is 7.08. The molecule has 0 heterocycles. The molecule has 1 aromatic rings. The first-order valence-electron chi connectivity index (χ1n) is 3.85. The van der Waals surface area contributed by atoms with Crippen molar-refractivity contribution in [3.8, 4) is 0 Å². The fourth-order valence-electron chi connectivity index (χ4n) is 0.992. The van der Waals surface area contributed by atoms with Crippen molar-refractivity contribution in [2.75, 3.05) is 0 Å². The molecule has 13 heavy (non-hydrogen) atoms. The second-order valence-corrected chi connectivity index (χ2v) is 4.49. The molecule has 1 rings (SSSR count). The molecule has 0 aliphatic carbocycles. The summed E-state index contributed by atoms with van der Waals surface area (Å²) < 4.78 is 0. The van der Waals surface area contributed by atoms with Gasteiger partial charge in [-0.2, -0.15) is 0 Å². The zero-order valence-corrected chi connectivity index (χ0v) is 8.82. The van der Waals surface area contributed by atoms with Crippen LogP contribution in [0.3, 0.4) is 0 Å². The number of hydrogen-bond donors (Lipinski definition) is 2. The molecule has 1 unspecified atom stereocenters. The maximum Gasteiger partial charge on any atom is 0.151 e. The quantitative estimate of drug-likeness (QED) is 0.587. The van der Waals surface area contributed by atoms with Gasteiger partial charge in [-0.05, 0) is 24.6 Å². The first-order chi connectivity index (χ1) is 6.09. The predicted octanol–water partition coefficient (Wildman–Crippen LogP) is 3.03. The van der Waals surface area contributed by atoms with Crippen LogP contribution < -0.4 is 5.73 Å². The van der Waals surface area contributed by atoms with E-state index in [0.29, 0.717) is 0 Å². The number of nitrogens with two attached hydrogens (primary N) is 1. The molecule has 1 aromatic carbocycles. The summed E-state index contributed by atoms with van der Waals surface area (Å²) in [7, 11) is 0. The van der Waals surface area contributed by atoms with E-state index in [4.69, 9.17) is 22.7 Å². The Hall–Kier alpha value is -0.670. The van der Waals surface area contributed by atoms with Gasteiger partial charge in [0.05, 0.1) is 0 Å². The van der Waals surface area contributed by atoms with Gasteiger partial charge < -0.3 is 5.73 Å². The molecule has 0 saturated carbocycles. The van der Waals surface area contributed by atoms with Gasteiger partial charge in [0, 0.05) is 10.3 Å². The summed E-state index contributed by atoms with van der Waals surface area (Å²) in [4.78, 5) is 0. The van der Waals surface area contributed by atoms with Gasteiger partial charge in [0.2, 0.25) is 0 Å². The molecule has 3 N–H and O–H groups in total. The summed E-state index contributed by atoms with van der Waals surface area (Å²) in [5, 5.41) is 8.20. The normalized spacial score (nSPS) is 12.5. The van der Waals surface area contributed by atoms with Crippen LogP contribution in [0.25, 0.3) is 0 Å². The Labute approximate surface area is 87.0 Å². The van der Waals surface area contributed by atoms with Crippen molar-refractivity contribution in [2.45, 2.75) is 12.2 Å². The lowest BCUT2D eigenvalue weighted by molar-refractivity contribution is 1.11. The van der Waals surface area contributed by atoms with Gasteiger partial charge in [0.15, 0.2) is 5.17 Å². The van der Waals surface area contributed by atoms with E-state index in [9.17, 15) is 0 Å². The van der Waals surface area contributed by atoms with Crippen LogP contribution in [0.5, 0.6) is 0 Å². The second-order valence-electron chi connectivity index (χ2n) is 2.68. The molecule has 0 aliphatic rings. The standard InChI is InChI=1S/C9H11ClN2S/c1-6(13-9(11)12)7-2-4-8(10)5-3-7/h2-6H,1H3,(H3,11,12). The average molecular weight is 215 g/mol. The SMILES string of the molecule is CC(SC(=N)N)c1ccc(Cl)cc1. The van der Waals surface area contributed by atoms with E-state index in [1.807, 2.05) is 31.2 Å². The number of halogens is 1. The minimum absolute atomic E-state index is 0.141. The Morgan fingerprint density at radius 2 is 2.00 bits per heavy atom. The lowest BCUT2D eigenvalue weighted by Gasteiger charge is -2.09. The number of thioether (sulfide) groups is 1. The Morgan fingerprint density at radius 3 is 2.46 bits per heavy atom. The topological polar surface area (TPSA) is 49.9 Å². The fraction of sp³-hybridized carbons (Fsp3) is 0.222. The summed E-state index contributed by atoms with van der Waals surface area (Å²) in [5.41, 5.74) is 6.41. The van der Waals surface area contributed by atoms with E-state index >= 15 is 0 Å². The van der Waals surface area contributed by atoms with Crippen LogP contribution in [-0.4, -0.2) is 5.17 Å². The first kappa shape index (κ1) is 10.4. The molecule has 0 saturated heterocycles. The van der Waals surface area contributed by atoms with Crippen LogP contribution in [0.1, 0.15) is 17.7 Å². The highest BCUT2D eigenvalue weighted by molar-refractivity contribution is 8.13. The third-order valence-electron chi connectivity index (χ3n) is 1.64. The van der Waals surface area contributed by atoms with E-state index in [1.54, 1.807) is 0 Å². The van der Waals surface area contributed by atoms with Crippen LogP contribution >= 0.6 is 23.4 Å². The third-order valence-corrected chi connectivity index (χ3v) is 2.77. The van der Waals surface area contributed by atoms with Crippen LogP contribution in [0, 0.1) is 5.41 Å². The zero-order chi connectivity index (χ0) is 9.84. The molecule has 0 bridgehead atoms. The molecule has 0 amide bonds. The molecule has 0 fully saturated rings. The molecule has 2 nitrogen and oxygen atoms in total. The molecule has 70 valence electrons. The van der Waals surface area contributed by atoms with Gasteiger partial charge >= 0.3 is 0 Å². The van der Waals surface area contributed by atoms with Crippen molar-refractivity contribution in [2.24, 2.45) is 5.73 Å². The molecule has 0 aromatic heterocycles. The molecule has 1 atom stereocenters. The summed E-state index contributed by atoms with van der Waals surface area (Å²) in [5.74, 6) is 0. The lowest BCUT2D eigenvalue weighted by atomic mass is 10.2. The van der Waals surface area contributed by atoms with Crippen molar-refractivity contribution >= 4 is 28.5 Å². The van der Waals surface area contributed by atoms with Crippen molar-refractivity contribution in [3.63, 3.8) is 0 Å². The highest BCUT2D eigenvalue weighted by Gasteiger charge is 2.06. The Bertz CT molecular complexity index is 297. The fourth-order valence-corrected chi connectivity index (χ4v) is 1.79. The number of amidine groups is 1. The van der Waals surface area contributed by atoms with Crippen molar-refractivity contribution < 1.29 is 0 Å². The van der Waals surface area contributed by atoms with Gasteiger partial charge in [-0.1, -0.05) is 35.5 Å². The van der Waals surface area contributed by atoms with Gasteiger partial charge in [0.25, 0.3) is 0 Å². The maximum absolute atomic E-state index is 7.13. The van der Waals surface area contributed by atoms with Crippen molar-refractivity contribution in [3.05, 3.63) is 34.9 Å². The first-order valence-corrected chi connectivity index (χ1v) is 5.11. The van der Waals surface area contributed by atoms with Gasteiger partial charge in [-0.15, -0.1) is 0 Å². The minimum atomic E-state index is 0.141. The number of rotatable bonds is 2. The van der Waals surface area contributed by atoms with Gasteiger partial charge in [0.1, 0.15) is 0 Å². The van der Waals surface area contributed by atoms with Crippen LogP contribution in [0.15, 0.2) is 24.3 Å². The molecule has 0 aliphatic heterocycles. The molecule has 0 radical (unpaired) electrons. The van der Waals surface area contributed by atoms with Crippen LogP contribution in [0.2, 0.25) is 5.02 Å². The number of hydrogen-bond acceptors (Lipinski definition) is 2. The van der Waals surface area contributed by atoms with E-state index in [-0.39, 0.29) is 10.4 Å². The largest absolute Gasteiger partial charge is 0.379 e. The summed E-state index contributed by atoms with van der Waals surface area (Å²) in [6.07, 6.45) is 0. The summed E-state index contributed by atoms with van der Waals surface area (Å²) in [6.45, 7) is 2.01. The molecule has 0 spiro atoms. The molecular formula is C9H11ClN2S. The Morgan fingerprint density at radius 1 is 1.46 bits per heavy atom. The van der Waals surface area contributed by atoms with E-state index in [0.717, 1.165) is 10.6 Å². The van der Waals surface area contributed by atoms with E-state index < -0.39 is 0 Å². The van der Waals surface area contributed by atoms with Crippen LogP contribution in [0.4, 0.5) is 0 Å². The smallest absolute Gasteiger partial charge is 0.151 e. The zero-order valence-electron chi connectivity index (χ0n) is 7.25. The minimum Gasteiger partial charge on any atom is -0.379 e. The van der Waals surface area contributed by atoms with Gasteiger partial charge in [-0.25, -0.2) is 0 Å². The van der Waals surface area contributed by atoms with Crippen molar-refractivity contribution in [1.82, 2.24) is 0 Å². The predicted molar refractivity (Wildman–Crippen MR) is 59.4 cm³/mol. The maximum atomic E-state index is 7.13. The third kappa shape index (κ3) is 3.28. The molecular weight excluding hydrogens is 204 g/mol. The van der Waals surface area contributed by atoms with Crippen molar-refractivity contribution in [1.29, 1.82) is 5.41 Å². The number of benzene rings is 1. The lowest BCUT2D eigenvalue weighted by Crippen LogP contribution is -2.05. The van der Waals surface area contributed by atoms with E-state index in [2.05, 4.69) is 0 Å². The van der Waals surface area contributed by atoms with Crippen LogP contribution in [-0.2, 0) is 0 Å². The summed E-state index contributed by atoms with van der Waals surface area (Å²) in [6, 6.07) is 7.58. The highest BCUT2D eigenvalue weighted by atomic mass is 35.5. The Kier molecular flexibility index (Phi) is 3.63. The second kappa shape index (κ2) is 4.53. The average Bonchev–Trinajstić information content (AvgIpc) is 2.04. The van der Waals surface area contributed by atoms with Gasteiger partial charge in [-0.3, -0.25) is 5.41 Å². The van der Waals surface area contributed by atoms with E-state index in [1.165, 1.54) is 11.8 Å². The Balaban J connectivity index is 2.71. The molecule has 4 heteroatoms. The highest BCUT2D eigenvalue weighted by Crippen LogP contribution is 2.28.